The van der Waals surface area contributed by atoms with E-state index in [1.54, 1.807) is 6.08 Å². The normalized spacial score (nSPS) is 14.1. The number of nitrogen functional groups attached to an aromatic ring is 2. The van der Waals surface area contributed by atoms with Gasteiger partial charge < -0.3 is 26.3 Å². The van der Waals surface area contributed by atoms with Gasteiger partial charge in [-0.05, 0) is 37.5 Å². The van der Waals surface area contributed by atoms with Crippen molar-refractivity contribution in [2.24, 2.45) is 4.99 Å². The fourth-order valence-corrected chi connectivity index (χ4v) is 3.60. The minimum Gasteiger partial charge on any atom is -0.490 e. The van der Waals surface area contributed by atoms with E-state index in [0.29, 0.717) is 42.5 Å². The number of fused-ring (bicyclic) bond motifs is 1. The lowest BCUT2D eigenvalue weighted by atomic mass is 9.93. The third-order valence-electron chi connectivity index (χ3n) is 4.94. The quantitative estimate of drug-likeness (QED) is 0.271. The number of aliphatic imine (C=N–C) groups is 1. The Labute approximate surface area is 192 Å². The van der Waals surface area contributed by atoms with Crippen LogP contribution < -0.4 is 31.6 Å². The molecule has 10 nitrogen and oxygen atoms in total. The highest BCUT2D eigenvalue weighted by atomic mass is 16.5. The van der Waals surface area contributed by atoms with Crippen LogP contribution in [0.3, 0.4) is 0 Å². The molecule has 0 aliphatic carbocycles. The molecular formula is C23H26N8O2. The van der Waals surface area contributed by atoms with Gasteiger partial charge in [0.15, 0.2) is 17.7 Å². The minimum absolute atomic E-state index is 0.0103. The molecule has 0 saturated heterocycles. The lowest BCUT2D eigenvalue weighted by Crippen LogP contribution is -2.32. The first-order valence-corrected chi connectivity index (χ1v) is 10.5. The molecule has 0 amide bonds. The molecule has 1 aromatic carbocycles. The van der Waals surface area contributed by atoms with Crippen LogP contribution in [-0.4, -0.2) is 24.2 Å². The number of ether oxygens (including phenoxy) is 2. The first-order chi connectivity index (χ1) is 16.0. The summed E-state index contributed by atoms with van der Waals surface area (Å²) in [6.07, 6.45) is 5.00. The number of benzene rings is 1. The molecule has 3 rings (SSSR count). The molecule has 10 heteroatoms. The van der Waals surface area contributed by atoms with Crippen molar-refractivity contribution in [3.63, 3.8) is 0 Å². The van der Waals surface area contributed by atoms with Crippen LogP contribution >= 0.6 is 0 Å². The lowest BCUT2D eigenvalue weighted by molar-refractivity contribution is 0.274. The van der Waals surface area contributed by atoms with E-state index in [2.05, 4.69) is 27.2 Å². The number of guanidine groups is 1. The molecule has 6 N–H and O–H groups in total. The zero-order valence-corrected chi connectivity index (χ0v) is 18.6. The van der Waals surface area contributed by atoms with Crippen LogP contribution in [-0.2, 0) is 6.42 Å². The first-order valence-electron chi connectivity index (χ1n) is 10.5. The van der Waals surface area contributed by atoms with Gasteiger partial charge in [0.2, 0.25) is 5.96 Å². The van der Waals surface area contributed by atoms with E-state index in [-0.39, 0.29) is 23.0 Å². The van der Waals surface area contributed by atoms with Gasteiger partial charge in [-0.3, -0.25) is 5.32 Å². The van der Waals surface area contributed by atoms with Gasteiger partial charge in [0, 0.05) is 11.1 Å². The van der Waals surface area contributed by atoms with Crippen molar-refractivity contribution >= 4 is 23.3 Å². The Kier molecular flexibility index (Phi) is 7.21. The number of rotatable bonds is 8. The molecule has 170 valence electrons. The molecule has 0 fully saturated rings. The van der Waals surface area contributed by atoms with Crippen molar-refractivity contribution in [2.75, 3.05) is 30.0 Å². The Morgan fingerprint density at radius 3 is 2.70 bits per heavy atom. The summed E-state index contributed by atoms with van der Waals surface area (Å²) in [4.78, 5) is 8.91. The standard InChI is InChI=1S/C23H26N8O2/c1-4-7-13-9-14(10-16(32-6-3)20(13)33-8-5-2)19-17-18(26)15(11-24)21(27)30-22(17)31-23(29-19)28-12-25/h4,9-10,19H,1,5-8H2,2-3H3,(H6,26,27,28,29,30,31). The van der Waals surface area contributed by atoms with Crippen molar-refractivity contribution in [1.29, 1.82) is 10.5 Å². The number of nitrogens with two attached hydrogens (primary N) is 2. The number of hydrogen-bond donors (Lipinski definition) is 4. The Morgan fingerprint density at radius 2 is 2.06 bits per heavy atom. The number of pyridine rings is 1. The minimum atomic E-state index is -0.680. The fraction of sp³-hybridized carbons (Fsp3) is 0.304. The smallest absolute Gasteiger partial charge is 0.211 e. The number of anilines is 3. The molecule has 33 heavy (non-hydrogen) atoms. The maximum Gasteiger partial charge on any atom is 0.211 e. The number of hydrogen-bond acceptors (Lipinski definition) is 10. The summed E-state index contributed by atoms with van der Waals surface area (Å²) in [6, 6.07) is 5.09. The molecule has 1 atom stereocenters. The highest BCUT2D eigenvalue weighted by Crippen LogP contribution is 2.44. The van der Waals surface area contributed by atoms with E-state index < -0.39 is 6.04 Å². The maximum absolute atomic E-state index is 9.53. The summed E-state index contributed by atoms with van der Waals surface area (Å²) in [7, 11) is 0. The number of aromatic nitrogens is 1. The molecule has 0 radical (unpaired) electrons. The van der Waals surface area contributed by atoms with Gasteiger partial charge in [0.1, 0.15) is 29.3 Å². The predicted molar refractivity (Wildman–Crippen MR) is 127 cm³/mol. The number of nitrogens with zero attached hydrogens (tertiary/aromatic N) is 4. The van der Waals surface area contributed by atoms with Crippen LogP contribution in [0.25, 0.3) is 0 Å². The van der Waals surface area contributed by atoms with Crippen LogP contribution in [0.1, 0.15) is 48.6 Å². The number of nitrogens with one attached hydrogen (secondary N) is 2. The van der Waals surface area contributed by atoms with Gasteiger partial charge in [0.25, 0.3) is 0 Å². The summed E-state index contributed by atoms with van der Waals surface area (Å²) in [6.45, 7) is 8.75. The molecule has 1 aliphatic rings. The zero-order valence-electron chi connectivity index (χ0n) is 18.6. The van der Waals surface area contributed by atoms with Crippen LogP contribution in [0.4, 0.5) is 17.3 Å². The molecule has 0 spiro atoms. The highest BCUT2D eigenvalue weighted by Gasteiger charge is 2.31. The molecule has 0 saturated carbocycles. The Morgan fingerprint density at radius 1 is 1.27 bits per heavy atom. The van der Waals surface area contributed by atoms with E-state index in [9.17, 15) is 5.26 Å². The molecule has 1 aliphatic heterocycles. The van der Waals surface area contributed by atoms with Gasteiger partial charge in [-0.15, -0.1) is 6.58 Å². The van der Waals surface area contributed by atoms with Crippen molar-refractivity contribution in [2.45, 2.75) is 32.7 Å². The van der Waals surface area contributed by atoms with Crippen molar-refractivity contribution in [3.8, 4) is 23.8 Å². The van der Waals surface area contributed by atoms with E-state index >= 15 is 0 Å². The lowest BCUT2D eigenvalue weighted by Gasteiger charge is -2.27. The van der Waals surface area contributed by atoms with Gasteiger partial charge in [0.05, 0.1) is 18.9 Å². The van der Waals surface area contributed by atoms with Gasteiger partial charge >= 0.3 is 0 Å². The van der Waals surface area contributed by atoms with E-state index in [1.165, 1.54) is 0 Å². The first kappa shape index (κ1) is 23.2. The van der Waals surface area contributed by atoms with Crippen molar-refractivity contribution in [3.05, 3.63) is 47.0 Å². The van der Waals surface area contributed by atoms with E-state index in [0.717, 1.165) is 17.5 Å². The summed E-state index contributed by atoms with van der Waals surface area (Å²) in [5.41, 5.74) is 14.6. The summed E-state index contributed by atoms with van der Waals surface area (Å²) in [5, 5.41) is 24.1. The van der Waals surface area contributed by atoms with Gasteiger partial charge in [-0.2, -0.15) is 10.5 Å². The van der Waals surface area contributed by atoms with E-state index in [1.807, 2.05) is 38.2 Å². The summed E-state index contributed by atoms with van der Waals surface area (Å²) in [5.74, 6) is 1.70. The average molecular weight is 447 g/mol. The third kappa shape index (κ3) is 4.60. The predicted octanol–water partition coefficient (Wildman–Crippen LogP) is 2.98. The SMILES string of the molecule is C=CCc1cc(C2N=C(NC#N)Nc3nc(N)c(C#N)c(N)c32)cc(OCC)c1OCCC. The Balaban J connectivity index is 2.27. The zero-order chi connectivity index (χ0) is 24.0. The second-order valence-corrected chi connectivity index (χ2v) is 7.18. The second kappa shape index (κ2) is 10.2. The largest absolute Gasteiger partial charge is 0.490 e. The molecule has 1 aromatic heterocycles. The summed E-state index contributed by atoms with van der Waals surface area (Å²) < 4.78 is 11.9. The molecule has 2 heterocycles. The van der Waals surface area contributed by atoms with Crippen molar-refractivity contribution in [1.82, 2.24) is 10.3 Å². The van der Waals surface area contributed by atoms with Crippen LogP contribution in [0.5, 0.6) is 11.5 Å². The van der Waals surface area contributed by atoms with Gasteiger partial charge in [-0.25, -0.2) is 9.98 Å². The monoisotopic (exact) mass is 446 g/mol. The van der Waals surface area contributed by atoms with Crippen LogP contribution in [0.2, 0.25) is 0 Å². The number of allylic oxidation sites excluding steroid dienone is 1. The maximum atomic E-state index is 9.53. The Bertz CT molecular complexity index is 1180. The molecule has 0 bridgehead atoms. The average Bonchev–Trinajstić information content (AvgIpc) is 2.78. The topological polar surface area (TPSA) is 167 Å². The highest BCUT2D eigenvalue weighted by molar-refractivity contribution is 5.98. The van der Waals surface area contributed by atoms with Crippen LogP contribution in [0.15, 0.2) is 29.8 Å². The van der Waals surface area contributed by atoms with Crippen molar-refractivity contribution < 1.29 is 9.47 Å². The Hall–Kier alpha value is -4.44. The molecule has 2 aromatic rings. The van der Waals surface area contributed by atoms with E-state index in [4.69, 9.17) is 26.2 Å². The molecule has 1 unspecified atom stereocenters. The van der Waals surface area contributed by atoms with Crippen LogP contribution in [0, 0.1) is 22.8 Å². The van der Waals surface area contributed by atoms with Gasteiger partial charge in [-0.1, -0.05) is 13.0 Å². The summed E-state index contributed by atoms with van der Waals surface area (Å²) >= 11 is 0. The second-order valence-electron chi connectivity index (χ2n) is 7.18. The number of nitriles is 2. The third-order valence-corrected chi connectivity index (χ3v) is 4.94. The molecular weight excluding hydrogens is 420 g/mol. The fourth-order valence-electron chi connectivity index (χ4n) is 3.60.